The Morgan fingerprint density at radius 2 is 1.71 bits per heavy atom. The summed E-state index contributed by atoms with van der Waals surface area (Å²) in [6, 6.07) is 0.463. The highest BCUT2D eigenvalue weighted by Crippen LogP contribution is 1.85. The fourth-order valence-electron chi connectivity index (χ4n) is 0.516. The number of hydrogen-bond donors (Lipinski definition) is 0. The molecule has 0 amide bonds. The molecule has 1 nitrogen and oxygen atoms in total. The minimum Gasteiger partial charge on any atom is -0.292 e. The van der Waals surface area contributed by atoms with Gasteiger partial charge in [-0.3, -0.25) is 4.99 Å². The molecule has 0 aromatic carbocycles. The van der Waals surface area contributed by atoms with Crippen LogP contribution < -0.4 is 0 Å². The fraction of sp³-hybridized carbons (Fsp3) is 0.833. The van der Waals surface area contributed by atoms with Gasteiger partial charge >= 0.3 is 0 Å². The number of rotatable bonds is 1. The van der Waals surface area contributed by atoms with E-state index in [-0.39, 0.29) is 0 Å². The van der Waals surface area contributed by atoms with Gasteiger partial charge in [-0.25, -0.2) is 0 Å². The molecule has 0 N–H and O–H groups in total. The summed E-state index contributed by atoms with van der Waals surface area (Å²) in [6.07, 6.45) is 0. The maximum Gasteiger partial charge on any atom is 0.0442 e. The van der Waals surface area contributed by atoms with Crippen LogP contribution in [0.2, 0.25) is 0 Å². The van der Waals surface area contributed by atoms with Crippen LogP contribution in [0.5, 0.6) is 0 Å². The zero-order valence-electron chi connectivity index (χ0n) is 5.52. The predicted octanol–water partition coefficient (Wildman–Crippen LogP) is 1.88. The van der Waals surface area contributed by atoms with E-state index in [1.54, 1.807) is 0 Å². The van der Waals surface area contributed by atoms with E-state index in [4.69, 9.17) is 0 Å². The average Bonchev–Trinajstić information content (AvgIpc) is 1.27. The number of nitrogens with zero attached hydrogens (tertiary/aromatic N) is 1. The van der Waals surface area contributed by atoms with Gasteiger partial charge in [-0.15, -0.1) is 0 Å². The van der Waals surface area contributed by atoms with Crippen LogP contribution in [0.25, 0.3) is 0 Å². The standard InChI is InChI=1S/C6H13N/c1-5(2)7-6(3)4/h5H,1-4H3. The first-order valence-corrected chi connectivity index (χ1v) is 2.64. The fourth-order valence-corrected chi connectivity index (χ4v) is 0.516. The Morgan fingerprint density at radius 3 is 1.71 bits per heavy atom. The Balaban J connectivity index is 3.45. The Labute approximate surface area is 45.5 Å². The maximum atomic E-state index is 4.19. The highest BCUT2D eigenvalue weighted by molar-refractivity contribution is 5.79. The zero-order chi connectivity index (χ0) is 5.86. The van der Waals surface area contributed by atoms with E-state index in [0.29, 0.717) is 6.04 Å². The Hall–Kier alpha value is -0.330. The molecule has 0 spiro atoms. The van der Waals surface area contributed by atoms with Gasteiger partial charge in [0.25, 0.3) is 0 Å². The molecular weight excluding hydrogens is 86.1 g/mol. The smallest absolute Gasteiger partial charge is 0.0442 e. The minimum absolute atomic E-state index is 0.463. The third-order valence-corrected chi connectivity index (χ3v) is 0.516. The molecular formula is C6H13N. The van der Waals surface area contributed by atoms with Crippen molar-refractivity contribution in [1.82, 2.24) is 0 Å². The molecule has 0 heterocycles. The van der Waals surface area contributed by atoms with Crippen LogP contribution in [0.15, 0.2) is 4.99 Å². The van der Waals surface area contributed by atoms with Gasteiger partial charge in [0.1, 0.15) is 0 Å². The van der Waals surface area contributed by atoms with Crippen LogP contribution in [-0.4, -0.2) is 11.8 Å². The van der Waals surface area contributed by atoms with Crippen molar-refractivity contribution >= 4 is 5.71 Å². The third kappa shape index (κ3) is 5.67. The van der Waals surface area contributed by atoms with Gasteiger partial charge in [-0.2, -0.15) is 0 Å². The normalized spacial score (nSPS) is 9.29. The number of aliphatic imine (C=N–C) groups is 1. The summed E-state index contributed by atoms with van der Waals surface area (Å²) in [7, 11) is 0. The lowest BCUT2D eigenvalue weighted by Gasteiger charge is -1.93. The SMILES string of the molecule is CC(C)=NC(C)C. The first kappa shape index (κ1) is 6.67. The highest BCUT2D eigenvalue weighted by atomic mass is 14.8. The summed E-state index contributed by atoms with van der Waals surface area (Å²) in [6.45, 7) is 8.18. The van der Waals surface area contributed by atoms with E-state index in [1.807, 2.05) is 13.8 Å². The third-order valence-electron chi connectivity index (χ3n) is 0.516. The largest absolute Gasteiger partial charge is 0.292 e. The molecule has 0 atom stereocenters. The summed E-state index contributed by atoms with van der Waals surface area (Å²) >= 11 is 0. The molecule has 0 bridgehead atoms. The summed E-state index contributed by atoms with van der Waals surface area (Å²) in [4.78, 5) is 4.19. The summed E-state index contributed by atoms with van der Waals surface area (Å²) < 4.78 is 0. The average molecular weight is 99.2 g/mol. The van der Waals surface area contributed by atoms with Crippen LogP contribution in [0.1, 0.15) is 27.7 Å². The van der Waals surface area contributed by atoms with Crippen molar-refractivity contribution in [3.8, 4) is 0 Å². The molecule has 0 saturated heterocycles. The molecule has 0 radical (unpaired) electrons. The lowest BCUT2D eigenvalue weighted by Crippen LogP contribution is -1.92. The van der Waals surface area contributed by atoms with Gasteiger partial charge < -0.3 is 0 Å². The second-order valence-corrected chi connectivity index (χ2v) is 2.17. The molecule has 0 aromatic rings. The molecule has 0 saturated carbocycles. The second-order valence-electron chi connectivity index (χ2n) is 2.17. The van der Waals surface area contributed by atoms with Crippen molar-refractivity contribution in [3.05, 3.63) is 0 Å². The minimum atomic E-state index is 0.463. The Bertz CT molecular complexity index is 68.2. The van der Waals surface area contributed by atoms with E-state index >= 15 is 0 Å². The summed E-state index contributed by atoms with van der Waals surface area (Å²) in [5.74, 6) is 0. The van der Waals surface area contributed by atoms with E-state index in [9.17, 15) is 0 Å². The van der Waals surface area contributed by atoms with Gasteiger partial charge in [-0.1, -0.05) is 0 Å². The quantitative estimate of drug-likeness (QED) is 0.445. The van der Waals surface area contributed by atoms with Crippen LogP contribution in [-0.2, 0) is 0 Å². The van der Waals surface area contributed by atoms with Gasteiger partial charge in [0.05, 0.1) is 0 Å². The number of hydrogen-bond acceptors (Lipinski definition) is 1. The maximum absolute atomic E-state index is 4.19. The first-order chi connectivity index (χ1) is 3.13. The second kappa shape index (κ2) is 2.78. The van der Waals surface area contributed by atoms with Crippen molar-refractivity contribution in [2.24, 2.45) is 4.99 Å². The van der Waals surface area contributed by atoms with Crippen LogP contribution >= 0.6 is 0 Å². The molecule has 0 aliphatic rings. The molecule has 0 aromatic heterocycles. The van der Waals surface area contributed by atoms with Gasteiger partial charge in [0, 0.05) is 11.8 Å². The van der Waals surface area contributed by atoms with E-state index < -0.39 is 0 Å². The monoisotopic (exact) mass is 99.1 g/mol. The van der Waals surface area contributed by atoms with E-state index in [1.165, 1.54) is 0 Å². The molecule has 1 heteroatoms. The summed E-state index contributed by atoms with van der Waals surface area (Å²) in [5.41, 5.74) is 1.16. The molecule has 0 unspecified atom stereocenters. The zero-order valence-corrected chi connectivity index (χ0v) is 5.52. The molecule has 42 valence electrons. The van der Waals surface area contributed by atoms with Gasteiger partial charge in [0.2, 0.25) is 0 Å². The lowest BCUT2D eigenvalue weighted by atomic mass is 10.4. The Kier molecular flexibility index (Phi) is 2.65. The van der Waals surface area contributed by atoms with Gasteiger partial charge in [0.15, 0.2) is 0 Å². The van der Waals surface area contributed by atoms with Gasteiger partial charge in [-0.05, 0) is 27.7 Å². The highest BCUT2D eigenvalue weighted by Gasteiger charge is 1.82. The molecule has 7 heavy (non-hydrogen) atoms. The molecule has 0 rings (SSSR count). The van der Waals surface area contributed by atoms with Crippen LogP contribution in [0.3, 0.4) is 0 Å². The van der Waals surface area contributed by atoms with Crippen molar-refractivity contribution in [1.29, 1.82) is 0 Å². The van der Waals surface area contributed by atoms with E-state index in [0.717, 1.165) is 5.71 Å². The molecule has 0 aliphatic heterocycles. The Morgan fingerprint density at radius 1 is 1.29 bits per heavy atom. The van der Waals surface area contributed by atoms with Crippen molar-refractivity contribution in [3.63, 3.8) is 0 Å². The molecule has 0 aliphatic carbocycles. The summed E-state index contributed by atoms with van der Waals surface area (Å²) in [5, 5.41) is 0. The predicted molar refractivity (Wildman–Crippen MR) is 33.9 cm³/mol. The van der Waals surface area contributed by atoms with Crippen molar-refractivity contribution < 1.29 is 0 Å². The van der Waals surface area contributed by atoms with Crippen molar-refractivity contribution in [2.75, 3.05) is 0 Å². The lowest BCUT2D eigenvalue weighted by molar-refractivity contribution is 0.834. The van der Waals surface area contributed by atoms with Crippen LogP contribution in [0, 0.1) is 0 Å². The molecule has 0 fully saturated rings. The van der Waals surface area contributed by atoms with Crippen LogP contribution in [0.4, 0.5) is 0 Å². The topological polar surface area (TPSA) is 12.4 Å². The van der Waals surface area contributed by atoms with E-state index in [2.05, 4.69) is 18.8 Å². The first-order valence-electron chi connectivity index (χ1n) is 2.64. The van der Waals surface area contributed by atoms with Crippen molar-refractivity contribution in [2.45, 2.75) is 33.7 Å².